The summed E-state index contributed by atoms with van der Waals surface area (Å²) in [5.41, 5.74) is 3.83. The van der Waals surface area contributed by atoms with E-state index in [1.54, 1.807) is 12.0 Å². The van der Waals surface area contributed by atoms with Gasteiger partial charge in [-0.3, -0.25) is 19.5 Å². The molecule has 4 aliphatic rings. The van der Waals surface area contributed by atoms with Crippen molar-refractivity contribution in [2.45, 2.75) is 65.1 Å². The number of anilines is 2. The van der Waals surface area contributed by atoms with Crippen LogP contribution < -0.4 is 14.5 Å². The van der Waals surface area contributed by atoms with Crippen molar-refractivity contribution < 1.29 is 23.9 Å². The van der Waals surface area contributed by atoms with Crippen molar-refractivity contribution in [3.8, 4) is 5.75 Å². The first-order chi connectivity index (χ1) is 20.9. The Bertz CT molecular complexity index is 1400. The highest BCUT2D eigenvalue weighted by Gasteiger charge is 2.53. The zero-order chi connectivity index (χ0) is 31.2. The zero-order valence-corrected chi connectivity index (χ0v) is 26.7. The highest BCUT2D eigenvalue weighted by Crippen LogP contribution is 2.44. The van der Waals surface area contributed by atoms with Crippen molar-refractivity contribution >= 4 is 29.4 Å². The number of piperidine rings is 1. The van der Waals surface area contributed by atoms with Crippen LogP contribution in [0.25, 0.3) is 0 Å². The first-order valence-electron chi connectivity index (χ1n) is 15.8. The Morgan fingerprint density at radius 3 is 2.25 bits per heavy atom. The van der Waals surface area contributed by atoms with Gasteiger partial charge in [0.25, 0.3) is 0 Å². The topological polar surface area (TPSA) is 85.9 Å². The number of imide groups is 1. The molecule has 0 bridgehead atoms. The van der Waals surface area contributed by atoms with Gasteiger partial charge in [-0.05, 0) is 82.0 Å². The van der Waals surface area contributed by atoms with Gasteiger partial charge in [-0.15, -0.1) is 0 Å². The van der Waals surface area contributed by atoms with Crippen LogP contribution in [0.4, 0.5) is 21.0 Å². The van der Waals surface area contributed by atoms with Crippen molar-refractivity contribution in [1.29, 1.82) is 0 Å². The van der Waals surface area contributed by atoms with Gasteiger partial charge in [0.2, 0.25) is 5.91 Å². The monoisotopic (exact) mass is 603 g/mol. The van der Waals surface area contributed by atoms with Crippen LogP contribution in [-0.4, -0.2) is 97.3 Å². The molecule has 4 saturated heterocycles. The van der Waals surface area contributed by atoms with Crippen molar-refractivity contribution in [2.24, 2.45) is 5.41 Å². The van der Waals surface area contributed by atoms with Crippen LogP contribution in [-0.2, 0) is 16.1 Å². The first kappa shape index (κ1) is 30.2. The Balaban J connectivity index is 1.00. The maximum atomic E-state index is 13.5. The molecule has 0 saturated carbocycles. The summed E-state index contributed by atoms with van der Waals surface area (Å²) in [6.07, 6.45) is 2.10. The summed E-state index contributed by atoms with van der Waals surface area (Å²) in [6, 6.07) is 14.0. The summed E-state index contributed by atoms with van der Waals surface area (Å²) >= 11 is 0. The molecule has 10 nitrogen and oxygen atoms in total. The Kier molecular flexibility index (Phi) is 7.98. The number of rotatable bonds is 6. The molecule has 4 fully saturated rings. The van der Waals surface area contributed by atoms with E-state index in [-0.39, 0.29) is 24.6 Å². The highest BCUT2D eigenvalue weighted by molar-refractivity contribution is 6.06. The van der Waals surface area contributed by atoms with Gasteiger partial charge >= 0.3 is 12.1 Å². The second-order valence-corrected chi connectivity index (χ2v) is 13.9. The molecule has 4 aliphatic heterocycles. The SMILES string of the molecule is COc1ccc(CN2C(=O)CCN(c3ccc(N4CC5(C4)CN(C4CCN(C(=O)OC(C)(C)C)CC4)C5)cc3C)C2=O)cc1. The van der Waals surface area contributed by atoms with Crippen LogP contribution in [0.15, 0.2) is 42.5 Å². The number of methoxy groups -OCH3 is 1. The Morgan fingerprint density at radius 1 is 0.955 bits per heavy atom. The standard InChI is InChI=1S/C34H45N5O5/c1-24-18-27(8-11-29(24)38-17-14-30(40)39(31(38)41)19-25-6-9-28(43-5)10-7-25)37-22-34(23-37)20-36(21-34)26-12-15-35(16-13-26)32(42)44-33(2,3)4/h6-11,18,26H,12-17,19-23H2,1-5H3. The van der Waals surface area contributed by atoms with E-state index in [1.165, 1.54) is 10.6 Å². The van der Waals surface area contributed by atoms with Crippen LogP contribution in [0.5, 0.6) is 5.75 Å². The molecule has 0 unspecified atom stereocenters. The lowest BCUT2D eigenvalue weighted by Crippen LogP contribution is -2.74. The molecule has 0 radical (unpaired) electrons. The van der Waals surface area contributed by atoms with E-state index in [2.05, 4.69) is 21.9 Å². The predicted molar refractivity (Wildman–Crippen MR) is 169 cm³/mol. The maximum absolute atomic E-state index is 13.5. The van der Waals surface area contributed by atoms with E-state index < -0.39 is 5.60 Å². The normalized spacial score (nSPS) is 20.9. The number of urea groups is 1. The van der Waals surface area contributed by atoms with Crippen LogP contribution in [0.2, 0.25) is 0 Å². The third-order valence-electron chi connectivity index (χ3n) is 9.41. The summed E-state index contributed by atoms with van der Waals surface area (Å²) in [4.78, 5) is 48.6. The van der Waals surface area contributed by atoms with Crippen molar-refractivity contribution in [3.63, 3.8) is 0 Å². The molecule has 0 N–H and O–H groups in total. The van der Waals surface area contributed by atoms with Crippen LogP contribution >= 0.6 is 0 Å². The van der Waals surface area contributed by atoms with E-state index >= 15 is 0 Å². The van der Waals surface area contributed by atoms with Gasteiger partial charge in [0.05, 0.1) is 13.7 Å². The third kappa shape index (κ3) is 6.09. The van der Waals surface area contributed by atoms with Gasteiger partial charge < -0.3 is 19.3 Å². The van der Waals surface area contributed by atoms with Crippen LogP contribution in [0.1, 0.15) is 51.2 Å². The molecule has 44 heavy (non-hydrogen) atoms. The quantitative estimate of drug-likeness (QED) is 0.465. The molecule has 4 amide bonds. The molecule has 0 atom stereocenters. The molecule has 1 spiro atoms. The van der Waals surface area contributed by atoms with E-state index in [9.17, 15) is 14.4 Å². The fraction of sp³-hybridized carbons (Fsp3) is 0.559. The Hall–Kier alpha value is -3.79. The second-order valence-electron chi connectivity index (χ2n) is 13.9. The minimum atomic E-state index is -0.461. The van der Waals surface area contributed by atoms with E-state index in [0.717, 1.165) is 74.7 Å². The molecule has 0 aliphatic carbocycles. The van der Waals surface area contributed by atoms with Gasteiger partial charge in [0.1, 0.15) is 11.4 Å². The van der Waals surface area contributed by atoms with E-state index in [1.807, 2.05) is 62.9 Å². The molecular weight excluding hydrogens is 558 g/mol. The Morgan fingerprint density at radius 2 is 1.64 bits per heavy atom. The minimum Gasteiger partial charge on any atom is -0.497 e. The number of aryl methyl sites for hydroxylation is 1. The maximum Gasteiger partial charge on any atom is 0.410 e. The predicted octanol–water partition coefficient (Wildman–Crippen LogP) is 4.88. The zero-order valence-electron chi connectivity index (χ0n) is 26.7. The van der Waals surface area contributed by atoms with Crippen molar-refractivity contribution in [3.05, 3.63) is 53.6 Å². The fourth-order valence-electron chi connectivity index (χ4n) is 7.08. The molecule has 2 aromatic carbocycles. The largest absolute Gasteiger partial charge is 0.497 e. The number of carbonyl (C=O) groups excluding carboxylic acids is 3. The van der Waals surface area contributed by atoms with Gasteiger partial charge in [0, 0.05) is 75.1 Å². The number of likely N-dealkylation sites (tertiary alicyclic amines) is 2. The number of ether oxygens (including phenoxy) is 2. The number of benzene rings is 2. The van der Waals surface area contributed by atoms with Crippen LogP contribution in [0.3, 0.4) is 0 Å². The number of amides is 4. The molecule has 236 valence electrons. The minimum absolute atomic E-state index is 0.148. The number of nitrogens with zero attached hydrogens (tertiary/aromatic N) is 5. The van der Waals surface area contributed by atoms with Crippen LogP contribution in [0, 0.1) is 12.3 Å². The first-order valence-corrected chi connectivity index (χ1v) is 15.8. The molecule has 6 rings (SSSR count). The summed E-state index contributed by atoms with van der Waals surface area (Å²) in [7, 11) is 1.61. The summed E-state index contributed by atoms with van der Waals surface area (Å²) in [5, 5.41) is 0. The lowest BCUT2D eigenvalue weighted by molar-refractivity contribution is -0.129. The van der Waals surface area contributed by atoms with Crippen molar-refractivity contribution in [1.82, 2.24) is 14.7 Å². The third-order valence-corrected chi connectivity index (χ3v) is 9.41. The molecule has 2 aromatic rings. The average molecular weight is 604 g/mol. The molecular formula is C34H45N5O5. The van der Waals surface area contributed by atoms with E-state index in [0.29, 0.717) is 24.4 Å². The highest BCUT2D eigenvalue weighted by atomic mass is 16.6. The van der Waals surface area contributed by atoms with Gasteiger partial charge in [0.15, 0.2) is 0 Å². The second kappa shape index (κ2) is 11.6. The molecule has 10 heteroatoms. The van der Waals surface area contributed by atoms with Crippen molar-refractivity contribution in [2.75, 3.05) is 62.7 Å². The average Bonchev–Trinajstić information content (AvgIpc) is 2.94. The number of hydrogen-bond donors (Lipinski definition) is 0. The lowest BCUT2D eigenvalue weighted by Gasteiger charge is -2.63. The fourth-order valence-corrected chi connectivity index (χ4v) is 7.08. The lowest BCUT2D eigenvalue weighted by atomic mass is 9.71. The molecule has 4 heterocycles. The molecule has 0 aromatic heterocycles. The summed E-state index contributed by atoms with van der Waals surface area (Å²) in [6.45, 7) is 14.2. The number of hydrogen-bond acceptors (Lipinski definition) is 7. The summed E-state index contributed by atoms with van der Waals surface area (Å²) in [5.74, 6) is 0.591. The van der Waals surface area contributed by atoms with Gasteiger partial charge in [-0.2, -0.15) is 0 Å². The smallest absolute Gasteiger partial charge is 0.410 e. The summed E-state index contributed by atoms with van der Waals surface area (Å²) < 4.78 is 10.8. The van der Waals surface area contributed by atoms with Gasteiger partial charge in [-0.25, -0.2) is 9.59 Å². The number of carbonyl (C=O) groups is 3. The van der Waals surface area contributed by atoms with E-state index in [4.69, 9.17) is 9.47 Å². The Labute approximate surface area is 260 Å². The van der Waals surface area contributed by atoms with Gasteiger partial charge in [-0.1, -0.05) is 12.1 Å².